The fraction of sp³-hybridized carbons (Fsp3) is 0.238. The summed E-state index contributed by atoms with van der Waals surface area (Å²) in [5.74, 6) is 0.562. The minimum atomic E-state index is -4.53. The van der Waals surface area contributed by atoms with Crippen molar-refractivity contribution < 1.29 is 21.6 Å². The predicted molar refractivity (Wildman–Crippen MR) is 115 cm³/mol. The summed E-state index contributed by atoms with van der Waals surface area (Å²) in [4.78, 5) is 1.97. The molecule has 11 heteroatoms. The summed E-state index contributed by atoms with van der Waals surface area (Å²) in [7, 11) is -4.03. The Balaban J connectivity index is 1.43. The first-order valence-corrected chi connectivity index (χ1v) is 11.3. The number of nitrogens with zero attached hydrogens (tertiary/aromatic N) is 3. The van der Waals surface area contributed by atoms with E-state index in [0.29, 0.717) is 11.5 Å². The van der Waals surface area contributed by atoms with E-state index in [2.05, 4.69) is 25.1 Å². The number of alkyl halides is 3. The second kappa shape index (κ2) is 8.65. The molecule has 0 amide bonds. The Bertz CT molecular complexity index is 1180. The van der Waals surface area contributed by atoms with Gasteiger partial charge in [-0.1, -0.05) is 0 Å². The molecule has 0 saturated carbocycles. The van der Waals surface area contributed by atoms with Crippen molar-refractivity contribution in [2.45, 2.75) is 23.9 Å². The molecule has 2 aromatic carbocycles. The van der Waals surface area contributed by atoms with Crippen LogP contribution in [0.25, 0.3) is 0 Å². The number of halogens is 3. The third-order valence-corrected chi connectivity index (χ3v) is 6.41. The molecule has 0 aliphatic carbocycles. The summed E-state index contributed by atoms with van der Waals surface area (Å²) in [6.45, 7) is 1.97. The highest BCUT2D eigenvalue weighted by atomic mass is 32.2. The molecule has 0 spiro atoms. The number of aromatic nitrogens is 2. The maximum atomic E-state index is 12.7. The van der Waals surface area contributed by atoms with Gasteiger partial charge in [-0.05, 0) is 61.4 Å². The lowest BCUT2D eigenvalue weighted by atomic mass is 10.2. The van der Waals surface area contributed by atoms with Gasteiger partial charge in [-0.2, -0.15) is 18.3 Å². The molecular weight excluding hydrogens is 443 g/mol. The maximum Gasteiger partial charge on any atom is 0.416 e. The van der Waals surface area contributed by atoms with Crippen LogP contribution in [-0.4, -0.2) is 31.7 Å². The van der Waals surface area contributed by atoms with Crippen molar-refractivity contribution in [3.63, 3.8) is 0 Å². The largest absolute Gasteiger partial charge is 0.416 e. The summed E-state index contributed by atoms with van der Waals surface area (Å²) < 4.78 is 65.3. The van der Waals surface area contributed by atoms with Crippen molar-refractivity contribution in [3.8, 4) is 0 Å². The van der Waals surface area contributed by atoms with Crippen LogP contribution in [-0.2, 0) is 16.2 Å². The van der Waals surface area contributed by atoms with Gasteiger partial charge in [0.2, 0.25) is 0 Å². The van der Waals surface area contributed by atoms with E-state index < -0.39 is 21.8 Å². The SMILES string of the molecule is O=S(=O)(Nc1ccc(Nc2cc(N3CCCC3)cnn2)cc1)c1ccc(C(F)(F)F)cc1. The van der Waals surface area contributed by atoms with Gasteiger partial charge in [0.05, 0.1) is 22.3 Å². The Labute approximate surface area is 183 Å². The monoisotopic (exact) mass is 463 g/mol. The van der Waals surface area contributed by atoms with E-state index in [9.17, 15) is 21.6 Å². The van der Waals surface area contributed by atoms with Gasteiger partial charge in [0.15, 0.2) is 5.82 Å². The summed E-state index contributed by atoms with van der Waals surface area (Å²) in [5.41, 5.74) is 1.02. The van der Waals surface area contributed by atoms with E-state index in [4.69, 9.17) is 0 Å². The first-order valence-electron chi connectivity index (χ1n) is 9.86. The molecule has 3 aromatic rings. The van der Waals surface area contributed by atoms with Gasteiger partial charge < -0.3 is 10.2 Å². The minimum absolute atomic E-state index is 0.262. The van der Waals surface area contributed by atoms with Crippen molar-refractivity contribution in [1.29, 1.82) is 0 Å². The molecule has 1 aliphatic heterocycles. The van der Waals surface area contributed by atoms with Gasteiger partial charge in [0.25, 0.3) is 10.0 Å². The van der Waals surface area contributed by atoms with Crippen LogP contribution in [0, 0.1) is 0 Å². The fourth-order valence-corrected chi connectivity index (χ4v) is 4.43. The first kappa shape index (κ1) is 21.9. The zero-order chi connectivity index (χ0) is 22.8. The van der Waals surface area contributed by atoms with Crippen LogP contribution in [0.15, 0.2) is 65.7 Å². The Kier molecular flexibility index (Phi) is 5.92. The number of anilines is 4. The average Bonchev–Trinajstić information content (AvgIpc) is 3.30. The predicted octanol–water partition coefficient (Wildman–Crippen LogP) is 4.64. The highest BCUT2D eigenvalue weighted by Crippen LogP contribution is 2.30. The lowest BCUT2D eigenvalue weighted by molar-refractivity contribution is -0.137. The van der Waals surface area contributed by atoms with E-state index in [1.54, 1.807) is 30.5 Å². The van der Waals surface area contributed by atoms with Crippen molar-refractivity contribution in [1.82, 2.24) is 10.2 Å². The second-order valence-electron chi connectivity index (χ2n) is 7.32. The summed E-state index contributed by atoms with van der Waals surface area (Å²) in [6, 6.07) is 11.6. The molecule has 32 heavy (non-hydrogen) atoms. The van der Waals surface area contributed by atoms with Crippen molar-refractivity contribution in [2.75, 3.05) is 28.0 Å². The second-order valence-corrected chi connectivity index (χ2v) is 9.01. The average molecular weight is 463 g/mol. The van der Waals surface area contributed by atoms with Gasteiger partial charge in [0.1, 0.15) is 0 Å². The first-order chi connectivity index (χ1) is 15.2. The van der Waals surface area contributed by atoms with E-state index in [-0.39, 0.29) is 10.6 Å². The molecule has 0 bridgehead atoms. The van der Waals surface area contributed by atoms with Gasteiger partial charge in [-0.3, -0.25) is 4.72 Å². The molecule has 1 aromatic heterocycles. The van der Waals surface area contributed by atoms with Gasteiger partial charge >= 0.3 is 6.18 Å². The topological polar surface area (TPSA) is 87.2 Å². The van der Waals surface area contributed by atoms with Crippen LogP contribution in [0.5, 0.6) is 0 Å². The van der Waals surface area contributed by atoms with Crippen LogP contribution in [0.3, 0.4) is 0 Å². The van der Waals surface area contributed by atoms with E-state index in [0.717, 1.165) is 55.9 Å². The van der Waals surface area contributed by atoms with Crippen LogP contribution >= 0.6 is 0 Å². The summed E-state index contributed by atoms with van der Waals surface area (Å²) >= 11 is 0. The standard InChI is InChI=1S/C21H20F3N5O2S/c22-21(23,24)15-3-9-19(10-4-15)32(30,31)28-17-7-5-16(6-8-17)26-20-13-18(14-25-27-20)29-11-1-2-12-29/h3-10,13-14,28H,1-2,11-12H2,(H,26,27). The molecular formula is C21H20F3N5O2S. The zero-order valence-electron chi connectivity index (χ0n) is 16.8. The molecule has 0 atom stereocenters. The van der Waals surface area contributed by atoms with Crippen LogP contribution < -0.4 is 14.9 Å². The highest BCUT2D eigenvalue weighted by Gasteiger charge is 2.30. The third kappa shape index (κ3) is 5.10. The van der Waals surface area contributed by atoms with E-state index >= 15 is 0 Å². The number of hydrogen-bond acceptors (Lipinski definition) is 6. The lowest BCUT2D eigenvalue weighted by Crippen LogP contribution is -2.18. The molecule has 0 unspecified atom stereocenters. The quantitative estimate of drug-likeness (QED) is 0.554. The number of nitrogens with one attached hydrogen (secondary N) is 2. The van der Waals surface area contributed by atoms with Crippen LogP contribution in [0.4, 0.5) is 36.1 Å². The van der Waals surface area contributed by atoms with E-state index in [1.165, 1.54) is 0 Å². The van der Waals surface area contributed by atoms with Crippen molar-refractivity contribution in [3.05, 3.63) is 66.4 Å². The smallest absolute Gasteiger partial charge is 0.370 e. The number of hydrogen-bond donors (Lipinski definition) is 2. The Morgan fingerprint density at radius 3 is 2.16 bits per heavy atom. The molecule has 1 aliphatic rings. The van der Waals surface area contributed by atoms with Gasteiger partial charge in [0, 0.05) is 30.5 Å². The van der Waals surface area contributed by atoms with Crippen molar-refractivity contribution in [2.24, 2.45) is 0 Å². The minimum Gasteiger partial charge on any atom is -0.370 e. The lowest BCUT2D eigenvalue weighted by Gasteiger charge is -2.17. The molecule has 7 nitrogen and oxygen atoms in total. The number of sulfonamides is 1. The molecule has 1 saturated heterocycles. The Hall–Kier alpha value is -3.34. The number of rotatable bonds is 6. The van der Waals surface area contributed by atoms with E-state index in [1.807, 2.05) is 6.07 Å². The highest BCUT2D eigenvalue weighted by molar-refractivity contribution is 7.92. The molecule has 4 rings (SSSR count). The van der Waals surface area contributed by atoms with Gasteiger partial charge in [-0.25, -0.2) is 8.42 Å². The molecule has 2 heterocycles. The Morgan fingerprint density at radius 2 is 1.53 bits per heavy atom. The summed E-state index contributed by atoms with van der Waals surface area (Å²) in [6.07, 6.45) is -0.517. The Morgan fingerprint density at radius 1 is 0.906 bits per heavy atom. The maximum absolute atomic E-state index is 12.7. The zero-order valence-corrected chi connectivity index (χ0v) is 17.6. The number of benzene rings is 2. The third-order valence-electron chi connectivity index (χ3n) is 5.01. The fourth-order valence-electron chi connectivity index (χ4n) is 3.37. The molecule has 1 fully saturated rings. The molecule has 168 valence electrons. The molecule has 0 radical (unpaired) electrons. The van der Waals surface area contributed by atoms with Gasteiger partial charge in [-0.15, -0.1) is 5.10 Å². The van der Waals surface area contributed by atoms with Crippen molar-refractivity contribution >= 4 is 32.9 Å². The summed E-state index contributed by atoms with van der Waals surface area (Å²) in [5, 5.41) is 11.2. The van der Waals surface area contributed by atoms with Crippen LogP contribution in [0.2, 0.25) is 0 Å². The normalized spacial score (nSPS) is 14.4. The van der Waals surface area contributed by atoms with Crippen LogP contribution in [0.1, 0.15) is 18.4 Å². The molecule has 2 N–H and O–H groups in total.